The van der Waals surface area contributed by atoms with Crippen LogP contribution in [-0.4, -0.2) is 35.7 Å². The van der Waals surface area contributed by atoms with Crippen LogP contribution >= 0.6 is 22.9 Å². The third kappa shape index (κ3) is 6.34. The Morgan fingerprint density at radius 3 is 2.65 bits per heavy atom. The van der Waals surface area contributed by atoms with E-state index in [1.165, 1.54) is 11.3 Å². The second-order valence-electron chi connectivity index (χ2n) is 4.80. The first-order chi connectivity index (χ1) is 12.6. The van der Waals surface area contributed by atoms with Crippen molar-refractivity contribution in [1.82, 2.24) is 10.3 Å². The Labute approximate surface area is 158 Å². The monoisotopic (exact) mass is 397 g/mol. The lowest BCUT2D eigenvalue weighted by Gasteiger charge is -2.08. The Morgan fingerprint density at radius 1 is 1.27 bits per heavy atom. The second-order valence-corrected chi connectivity index (χ2v) is 5.79. The number of rotatable bonds is 7. The van der Waals surface area contributed by atoms with Gasteiger partial charge in [-0.1, -0.05) is 17.3 Å². The van der Waals surface area contributed by atoms with Crippen LogP contribution in [-0.2, 0) is 32.4 Å². The minimum Gasteiger partial charge on any atom is -0.497 e. The van der Waals surface area contributed by atoms with Gasteiger partial charge >= 0.3 is 5.97 Å². The number of thiazole rings is 1. The fourth-order valence-corrected chi connectivity index (χ4v) is 2.30. The number of benzene rings is 1. The highest BCUT2D eigenvalue weighted by atomic mass is 35.5. The van der Waals surface area contributed by atoms with Crippen molar-refractivity contribution in [2.75, 3.05) is 13.0 Å². The molecule has 0 radical (unpaired) electrons. The van der Waals surface area contributed by atoms with Gasteiger partial charge in [0.05, 0.1) is 18.3 Å². The number of hydrogen-bond donors (Lipinski definition) is 1. The first-order valence-electron chi connectivity index (χ1n) is 7.35. The van der Waals surface area contributed by atoms with Gasteiger partial charge in [-0.05, 0) is 17.7 Å². The Kier molecular flexibility index (Phi) is 7.84. The van der Waals surface area contributed by atoms with E-state index in [0.29, 0.717) is 11.4 Å². The SMILES string of the molecule is COc1ccc(COC(=O)C(=NOCc2cscn2)NC(=O)CCl)cc1. The van der Waals surface area contributed by atoms with Gasteiger partial charge in [0, 0.05) is 5.38 Å². The Hall–Kier alpha value is -2.65. The lowest BCUT2D eigenvalue weighted by Crippen LogP contribution is -2.38. The molecule has 8 nitrogen and oxygen atoms in total. The molecule has 2 rings (SSSR count). The predicted octanol–water partition coefficient (Wildman–Crippen LogP) is 2.08. The molecule has 1 heterocycles. The number of nitrogens with one attached hydrogen (secondary N) is 1. The number of carbonyl (C=O) groups is 2. The van der Waals surface area contributed by atoms with Crippen molar-refractivity contribution in [3.63, 3.8) is 0 Å². The molecule has 0 bridgehead atoms. The molecule has 1 aromatic carbocycles. The van der Waals surface area contributed by atoms with E-state index in [1.54, 1.807) is 42.3 Å². The van der Waals surface area contributed by atoms with Crippen LogP contribution in [0.2, 0.25) is 0 Å². The van der Waals surface area contributed by atoms with Gasteiger partial charge in [0.25, 0.3) is 5.84 Å². The van der Waals surface area contributed by atoms with Gasteiger partial charge in [0.1, 0.15) is 18.2 Å². The van der Waals surface area contributed by atoms with Crippen molar-refractivity contribution in [3.05, 3.63) is 46.4 Å². The molecule has 0 spiro atoms. The summed E-state index contributed by atoms with van der Waals surface area (Å²) in [4.78, 5) is 32.7. The van der Waals surface area contributed by atoms with Gasteiger partial charge in [-0.15, -0.1) is 22.9 Å². The minimum atomic E-state index is -0.849. The summed E-state index contributed by atoms with van der Waals surface area (Å²) in [5, 5.41) is 7.64. The summed E-state index contributed by atoms with van der Waals surface area (Å²) in [6.07, 6.45) is 0. The van der Waals surface area contributed by atoms with Gasteiger partial charge in [-0.2, -0.15) is 0 Å². The smallest absolute Gasteiger partial charge is 0.378 e. The third-order valence-electron chi connectivity index (χ3n) is 2.95. The maximum Gasteiger partial charge on any atom is 0.378 e. The molecule has 0 atom stereocenters. The number of alkyl halides is 1. The highest BCUT2D eigenvalue weighted by Crippen LogP contribution is 2.12. The van der Waals surface area contributed by atoms with Gasteiger partial charge in [0.2, 0.25) is 5.91 Å². The highest BCUT2D eigenvalue weighted by Gasteiger charge is 2.17. The fraction of sp³-hybridized carbons (Fsp3) is 0.250. The van der Waals surface area contributed by atoms with Crippen LogP contribution in [0.25, 0.3) is 0 Å². The number of aromatic nitrogens is 1. The topological polar surface area (TPSA) is 99.1 Å². The number of amidine groups is 1. The predicted molar refractivity (Wildman–Crippen MR) is 96.0 cm³/mol. The molecule has 1 aromatic heterocycles. The van der Waals surface area contributed by atoms with Crippen LogP contribution in [0.15, 0.2) is 40.3 Å². The lowest BCUT2D eigenvalue weighted by atomic mass is 10.2. The zero-order valence-electron chi connectivity index (χ0n) is 13.8. The third-order valence-corrected chi connectivity index (χ3v) is 3.83. The number of hydrogen-bond acceptors (Lipinski definition) is 8. The molecular weight excluding hydrogens is 382 g/mol. The van der Waals surface area contributed by atoms with E-state index < -0.39 is 11.9 Å². The van der Waals surface area contributed by atoms with Crippen LogP contribution in [0.3, 0.4) is 0 Å². The molecule has 0 fully saturated rings. The van der Waals surface area contributed by atoms with Gasteiger partial charge < -0.3 is 19.6 Å². The number of esters is 1. The number of amides is 1. The van der Waals surface area contributed by atoms with Crippen molar-refractivity contribution in [2.45, 2.75) is 13.2 Å². The largest absolute Gasteiger partial charge is 0.497 e. The standard InChI is InChI=1S/C16H16ClN3O5S/c1-23-13-4-2-11(3-5-13)7-24-16(22)15(19-14(21)6-17)20-25-8-12-9-26-10-18-12/h2-5,9-10H,6-8H2,1H3,(H,19,20,21). The van der Waals surface area contributed by atoms with E-state index in [4.69, 9.17) is 25.9 Å². The summed E-state index contributed by atoms with van der Waals surface area (Å²) in [5.74, 6) is -1.50. The highest BCUT2D eigenvalue weighted by molar-refractivity contribution is 7.07. The van der Waals surface area contributed by atoms with Crippen molar-refractivity contribution in [2.24, 2.45) is 5.16 Å². The fourth-order valence-electron chi connectivity index (χ4n) is 1.69. The van der Waals surface area contributed by atoms with E-state index >= 15 is 0 Å². The first-order valence-corrected chi connectivity index (χ1v) is 8.83. The van der Waals surface area contributed by atoms with Crippen molar-refractivity contribution >= 4 is 40.6 Å². The molecular formula is C16H16ClN3O5S. The average molecular weight is 398 g/mol. The van der Waals surface area contributed by atoms with Crippen LogP contribution in [0.5, 0.6) is 5.75 Å². The summed E-state index contributed by atoms with van der Waals surface area (Å²) in [6, 6.07) is 6.98. The summed E-state index contributed by atoms with van der Waals surface area (Å²) in [7, 11) is 1.56. The van der Waals surface area contributed by atoms with Crippen LogP contribution in [0, 0.1) is 0 Å². The molecule has 0 saturated heterocycles. The molecule has 0 aliphatic rings. The van der Waals surface area contributed by atoms with Crippen LogP contribution in [0.1, 0.15) is 11.3 Å². The Balaban J connectivity index is 1.95. The summed E-state index contributed by atoms with van der Waals surface area (Å²) < 4.78 is 10.2. The van der Waals surface area contributed by atoms with E-state index in [2.05, 4.69) is 15.5 Å². The molecule has 138 valence electrons. The molecule has 1 N–H and O–H groups in total. The molecule has 2 aromatic rings. The van der Waals surface area contributed by atoms with E-state index in [0.717, 1.165) is 5.56 Å². The second kappa shape index (κ2) is 10.4. The maximum atomic E-state index is 12.2. The Morgan fingerprint density at radius 2 is 2.04 bits per heavy atom. The van der Waals surface area contributed by atoms with Gasteiger partial charge in [-0.25, -0.2) is 9.78 Å². The number of oxime groups is 1. The summed E-state index contributed by atoms with van der Waals surface area (Å²) in [5.41, 5.74) is 3.03. The number of nitrogens with zero attached hydrogens (tertiary/aromatic N) is 2. The molecule has 26 heavy (non-hydrogen) atoms. The normalized spacial score (nSPS) is 10.9. The number of ether oxygens (including phenoxy) is 2. The van der Waals surface area contributed by atoms with Gasteiger partial charge in [0.15, 0.2) is 6.61 Å². The maximum absolute atomic E-state index is 12.2. The van der Waals surface area contributed by atoms with Crippen molar-refractivity contribution in [3.8, 4) is 5.75 Å². The first kappa shape index (κ1) is 19.7. The zero-order valence-corrected chi connectivity index (χ0v) is 15.4. The summed E-state index contributed by atoms with van der Waals surface area (Å²) >= 11 is 6.84. The number of methoxy groups -OCH3 is 1. The molecule has 0 unspecified atom stereocenters. The van der Waals surface area contributed by atoms with E-state index in [-0.39, 0.29) is 24.9 Å². The zero-order chi connectivity index (χ0) is 18.8. The number of halogens is 1. The number of carbonyl (C=O) groups excluding carboxylic acids is 2. The van der Waals surface area contributed by atoms with Crippen molar-refractivity contribution in [1.29, 1.82) is 0 Å². The van der Waals surface area contributed by atoms with E-state index in [9.17, 15) is 9.59 Å². The minimum absolute atomic E-state index is 0.00925. The van der Waals surface area contributed by atoms with Gasteiger partial charge in [-0.3, -0.25) is 4.79 Å². The van der Waals surface area contributed by atoms with Crippen LogP contribution < -0.4 is 10.1 Å². The molecule has 0 aliphatic carbocycles. The average Bonchev–Trinajstić information content (AvgIpc) is 3.19. The molecule has 0 aliphatic heterocycles. The summed E-state index contributed by atoms with van der Waals surface area (Å²) in [6.45, 7) is 0.0418. The molecule has 10 heteroatoms. The molecule has 1 amide bonds. The van der Waals surface area contributed by atoms with Crippen molar-refractivity contribution < 1.29 is 23.9 Å². The quantitative estimate of drug-likeness (QED) is 0.252. The van der Waals surface area contributed by atoms with E-state index in [1.807, 2.05) is 0 Å². The van der Waals surface area contributed by atoms with Crippen LogP contribution in [0.4, 0.5) is 0 Å². The Bertz CT molecular complexity index is 750. The lowest BCUT2D eigenvalue weighted by molar-refractivity contribution is -0.137. The molecule has 0 saturated carbocycles.